The van der Waals surface area contributed by atoms with Crippen LogP contribution in [0.15, 0.2) is 11.2 Å². The molecule has 1 atom stereocenters. The summed E-state index contributed by atoms with van der Waals surface area (Å²) in [5.41, 5.74) is 2.10. The van der Waals surface area contributed by atoms with Crippen LogP contribution in [0.2, 0.25) is 0 Å². The number of rotatable bonds is 6. The van der Waals surface area contributed by atoms with Gasteiger partial charge in [0.25, 0.3) is 0 Å². The Hall–Kier alpha value is -0.610. The quantitative estimate of drug-likeness (QED) is 0.611. The minimum Gasteiger partial charge on any atom is -0.313 e. The molecule has 1 heterocycles. The van der Waals surface area contributed by atoms with Crippen molar-refractivity contribution in [2.24, 2.45) is 0 Å². The lowest BCUT2D eigenvalue weighted by atomic mass is 10.2. The molecular weight excluding hydrogens is 218 g/mol. The largest absolute Gasteiger partial charge is 0.313 e. The molecular formula is C12H21N3S. The molecule has 0 aliphatic heterocycles. The summed E-state index contributed by atoms with van der Waals surface area (Å²) in [6.07, 6.45) is 1.14. The molecule has 4 heteroatoms. The van der Waals surface area contributed by atoms with E-state index in [1.54, 1.807) is 11.8 Å². The van der Waals surface area contributed by atoms with E-state index in [0.717, 1.165) is 35.3 Å². The van der Waals surface area contributed by atoms with Gasteiger partial charge in [-0.15, -0.1) is 0 Å². The lowest BCUT2D eigenvalue weighted by Gasteiger charge is -2.14. The van der Waals surface area contributed by atoms with Crippen LogP contribution < -0.4 is 5.32 Å². The molecule has 90 valence electrons. The maximum absolute atomic E-state index is 4.42. The Morgan fingerprint density at radius 2 is 1.88 bits per heavy atom. The number of hydrogen-bond acceptors (Lipinski definition) is 4. The van der Waals surface area contributed by atoms with Crippen LogP contribution in [-0.2, 0) is 0 Å². The van der Waals surface area contributed by atoms with Gasteiger partial charge in [-0.05, 0) is 32.9 Å². The lowest BCUT2D eigenvalue weighted by Crippen LogP contribution is -2.30. The maximum atomic E-state index is 4.42. The highest BCUT2D eigenvalue weighted by atomic mass is 32.2. The van der Waals surface area contributed by atoms with Crippen LogP contribution in [0.3, 0.4) is 0 Å². The van der Waals surface area contributed by atoms with Crippen molar-refractivity contribution >= 4 is 11.8 Å². The number of nitrogens with one attached hydrogen (secondary N) is 1. The smallest absolute Gasteiger partial charge is 0.188 e. The van der Waals surface area contributed by atoms with Crippen molar-refractivity contribution < 1.29 is 0 Å². The van der Waals surface area contributed by atoms with Crippen molar-refractivity contribution in [3.8, 4) is 0 Å². The fourth-order valence-corrected chi connectivity index (χ4v) is 2.66. The molecule has 0 spiro atoms. The van der Waals surface area contributed by atoms with Crippen LogP contribution in [0, 0.1) is 13.8 Å². The molecule has 0 radical (unpaired) electrons. The molecule has 0 fully saturated rings. The zero-order chi connectivity index (χ0) is 12.0. The van der Waals surface area contributed by atoms with Gasteiger partial charge in [0, 0.05) is 23.2 Å². The van der Waals surface area contributed by atoms with E-state index in [1.165, 1.54) is 0 Å². The minimum absolute atomic E-state index is 0.555. The van der Waals surface area contributed by atoms with E-state index in [4.69, 9.17) is 0 Å². The van der Waals surface area contributed by atoms with Crippen molar-refractivity contribution in [3.05, 3.63) is 17.5 Å². The topological polar surface area (TPSA) is 37.8 Å². The van der Waals surface area contributed by atoms with Crippen molar-refractivity contribution in [2.45, 2.75) is 45.3 Å². The zero-order valence-electron chi connectivity index (χ0n) is 10.6. The second-order valence-corrected chi connectivity index (χ2v) is 4.89. The summed E-state index contributed by atoms with van der Waals surface area (Å²) in [5, 5.41) is 4.35. The molecule has 0 aliphatic rings. The van der Waals surface area contributed by atoms with Gasteiger partial charge >= 0.3 is 0 Å². The van der Waals surface area contributed by atoms with Crippen LogP contribution in [0.1, 0.15) is 31.7 Å². The summed E-state index contributed by atoms with van der Waals surface area (Å²) in [6, 6.07) is 2.56. The van der Waals surface area contributed by atoms with Gasteiger partial charge in [-0.2, -0.15) is 0 Å². The van der Waals surface area contributed by atoms with Crippen molar-refractivity contribution in [1.29, 1.82) is 0 Å². The summed E-state index contributed by atoms with van der Waals surface area (Å²) in [5.74, 6) is 1.03. The standard InChI is InChI=1S/C12H21N3S/c1-5-11(13-6-2)8-16-12-14-9(3)7-10(4)15-12/h7,11,13H,5-6,8H2,1-4H3. The van der Waals surface area contributed by atoms with Gasteiger partial charge in [-0.1, -0.05) is 25.6 Å². The highest BCUT2D eigenvalue weighted by molar-refractivity contribution is 7.99. The van der Waals surface area contributed by atoms with Gasteiger partial charge in [-0.3, -0.25) is 0 Å². The van der Waals surface area contributed by atoms with Crippen LogP contribution in [0.4, 0.5) is 0 Å². The Labute approximate surface area is 102 Å². The van der Waals surface area contributed by atoms with E-state index >= 15 is 0 Å². The Bertz CT molecular complexity index is 308. The van der Waals surface area contributed by atoms with E-state index in [0.29, 0.717) is 6.04 Å². The van der Waals surface area contributed by atoms with Crippen LogP contribution in [0.25, 0.3) is 0 Å². The fraction of sp³-hybridized carbons (Fsp3) is 0.667. The first-order valence-electron chi connectivity index (χ1n) is 5.84. The minimum atomic E-state index is 0.555. The second-order valence-electron chi connectivity index (χ2n) is 3.91. The SMILES string of the molecule is CCNC(CC)CSc1nc(C)cc(C)n1. The monoisotopic (exact) mass is 239 g/mol. The number of thioether (sulfide) groups is 1. The van der Waals surface area contributed by atoms with Gasteiger partial charge in [0.2, 0.25) is 0 Å². The third kappa shape index (κ3) is 4.49. The molecule has 1 aromatic heterocycles. The summed E-state index contributed by atoms with van der Waals surface area (Å²) in [4.78, 5) is 8.85. The Kier molecular flexibility index (Phi) is 5.77. The number of aryl methyl sites for hydroxylation is 2. The highest BCUT2D eigenvalue weighted by Gasteiger charge is 2.07. The van der Waals surface area contributed by atoms with Crippen molar-refractivity contribution in [3.63, 3.8) is 0 Å². The predicted molar refractivity (Wildman–Crippen MR) is 70.0 cm³/mol. The molecule has 1 rings (SSSR count). The Morgan fingerprint density at radius 1 is 1.25 bits per heavy atom. The third-order valence-electron chi connectivity index (χ3n) is 2.36. The number of nitrogens with zero attached hydrogens (tertiary/aromatic N) is 2. The molecule has 1 aromatic rings. The molecule has 3 nitrogen and oxygen atoms in total. The van der Waals surface area contributed by atoms with Crippen LogP contribution in [-0.4, -0.2) is 28.3 Å². The molecule has 0 saturated carbocycles. The Balaban J connectivity index is 2.52. The van der Waals surface area contributed by atoms with Gasteiger partial charge in [0.15, 0.2) is 5.16 Å². The fourth-order valence-electron chi connectivity index (χ4n) is 1.54. The first-order chi connectivity index (χ1) is 7.65. The maximum Gasteiger partial charge on any atom is 0.188 e. The normalized spacial score (nSPS) is 12.8. The summed E-state index contributed by atoms with van der Waals surface area (Å²) >= 11 is 1.74. The van der Waals surface area contributed by atoms with Crippen molar-refractivity contribution in [1.82, 2.24) is 15.3 Å². The van der Waals surface area contributed by atoms with E-state index in [1.807, 2.05) is 19.9 Å². The average molecular weight is 239 g/mol. The molecule has 0 aromatic carbocycles. The second kappa shape index (κ2) is 6.86. The van der Waals surface area contributed by atoms with E-state index in [9.17, 15) is 0 Å². The molecule has 0 saturated heterocycles. The molecule has 1 N–H and O–H groups in total. The zero-order valence-corrected chi connectivity index (χ0v) is 11.4. The molecule has 0 amide bonds. The first kappa shape index (κ1) is 13.5. The average Bonchev–Trinajstić information content (AvgIpc) is 2.23. The van der Waals surface area contributed by atoms with Crippen LogP contribution >= 0.6 is 11.8 Å². The Morgan fingerprint density at radius 3 is 2.38 bits per heavy atom. The number of aromatic nitrogens is 2. The van der Waals surface area contributed by atoms with Gasteiger partial charge in [-0.25, -0.2) is 9.97 Å². The molecule has 1 unspecified atom stereocenters. The van der Waals surface area contributed by atoms with Gasteiger partial charge < -0.3 is 5.32 Å². The summed E-state index contributed by atoms with van der Waals surface area (Å²) < 4.78 is 0. The molecule has 0 bridgehead atoms. The van der Waals surface area contributed by atoms with Gasteiger partial charge in [0.1, 0.15) is 0 Å². The van der Waals surface area contributed by atoms with E-state index in [-0.39, 0.29) is 0 Å². The van der Waals surface area contributed by atoms with Crippen LogP contribution in [0.5, 0.6) is 0 Å². The lowest BCUT2D eigenvalue weighted by molar-refractivity contribution is 0.560. The van der Waals surface area contributed by atoms with Crippen molar-refractivity contribution in [2.75, 3.05) is 12.3 Å². The number of hydrogen-bond donors (Lipinski definition) is 1. The molecule has 16 heavy (non-hydrogen) atoms. The first-order valence-corrected chi connectivity index (χ1v) is 6.82. The van der Waals surface area contributed by atoms with Gasteiger partial charge in [0.05, 0.1) is 0 Å². The van der Waals surface area contributed by atoms with E-state index < -0.39 is 0 Å². The molecule has 0 aliphatic carbocycles. The third-order valence-corrected chi connectivity index (χ3v) is 3.37. The predicted octanol–water partition coefficient (Wildman–Crippen LogP) is 2.57. The summed E-state index contributed by atoms with van der Waals surface area (Å²) in [6.45, 7) is 9.39. The van der Waals surface area contributed by atoms with E-state index in [2.05, 4.69) is 29.1 Å². The highest BCUT2D eigenvalue weighted by Crippen LogP contribution is 2.16. The summed E-state index contributed by atoms with van der Waals surface area (Å²) in [7, 11) is 0.